The summed E-state index contributed by atoms with van der Waals surface area (Å²) in [6.07, 6.45) is 4.48. The predicted molar refractivity (Wildman–Crippen MR) is 76.2 cm³/mol. The van der Waals surface area contributed by atoms with Gasteiger partial charge in [0.15, 0.2) is 0 Å². The van der Waals surface area contributed by atoms with Gasteiger partial charge in [-0.15, -0.1) is 0 Å². The topological polar surface area (TPSA) is 29.9 Å². The summed E-state index contributed by atoms with van der Waals surface area (Å²) >= 11 is 6.49. The van der Waals surface area contributed by atoms with E-state index in [1.54, 1.807) is 0 Å². The van der Waals surface area contributed by atoms with E-state index in [1.807, 2.05) is 0 Å². The summed E-state index contributed by atoms with van der Waals surface area (Å²) in [4.78, 5) is 0. The Morgan fingerprint density at radius 2 is 2.06 bits per heavy atom. The summed E-state index contributed by atoms with van der Waals surface area (Å²) in [7, 11) is 0. The Morgan fingerprint density at radius 1 is 1.33 bits per heavy atom. The molecule has 1 N–H and O–H groups in total. The minimum absolute atomic E-state index is 0.413. The van der Waals surface area contributed by atoms with Crippen molar-refractivity contribution < 1.29 is 0 Å². The molecule has 0 spiro atoms. The van der Waals surface area contributed by atoms with E-state index in [4.69, 9.17) is 11.6 Å². The van der Waals surface area contributed by atoms with Crippen molar-refractivity contribution in [3.8, 4) is 0 Å². The van der Waals surface area contributed by atoms with Crippen LogP contribution in [0.15, 0.2) is 0 Å². The zero-order valence-corrected chi connectivity index (χ0v) is 12.5. The number of halogens is 1. The maximum absolute atomic E-state index is 6.49. The largest absolute Gasteiger partial charge is 0.316 e. The second kappa shape index (κ2) is 5.62. The number of aryl methyl sites for hydroxylation is 2. The lowest BCUT2D eigenvalue weighted by Crippen LogP contribution is -2.54. The molecule has 1 aromatic rings. The molecule has 0 atom stereocenters. The minimum Gasteiger partial charge on any atom is -0.316 e. The van der Waals surface area contributed by atoms with Crippen molar-refractivity contribution >= 4 is 11.6 Å². The molecule has 2 heterocycles. The summed E-state index contributed by atoms with van der Waals surface area (Å²) in [6, 6.07) is 0. The molecule has 0 radical (unpaired) electrons. The van der Waals surface area contributed by atoms with Crippen molar-refractivity contribution in [3.63, 3.8) is 0 Å². The van der Waals surface area contributed by atoms with Crippen LogP contribution in [0.2, 0.25) is 5.02 Å². The van der Waals surface area contributed by atoms with Crippen LogP contribution < -0.4 is 5.32 Å². The van der Waals surface area contributed by atoms with Gasteiger partial charge in [-0.3, -0.25) is 4.68 Å². The summed E-state index contributed by atoms with van der Waals surface area (Å²) in [5.41, 5.74) is 2.70. The Labute approximate surface area is 115 Å². The molecular weight excluding hydrogens is 246 g/mol. The van der Waals surface area contributed by atoms with E-state index in [-0.39, 0.29) is 0 Å². The van der Waals surface area contributed by atoms with Crippen LogP contribution in [0.3, 0.4) is 0 Å². The van der Waals surface area contributed by atoms with Crippen LogP contribution in [0, 0.1) is 5.41 Å². The molecule has 4 heteroatoms. The van der Waals surface area contributed by atoms with Crippen LogP contribution in [-0.2, 0) is 19.4 Å². The van der Waals surface area contributed by atoms with E-state index < -0.39 is 0 Å². The normalized spacial score (nSPS) is 17.8. The van der Waals surface area contributed by atoms with Gasteiger partial charge in [-0.25, -0.2) is 0 Å². The lowest BCUT2D eigenvalue weighted by molar-refractivity contribution is 0.147. The van der Waals surface area contributed by atoms with Crippen molar-refractivity contribution in [3.05, 3.63) is 16.4 Å². The van der Waals surface area contributed by atoms with Crippen molar-refractivity contribution in [2.24, 2.45) is 5.41 Å². The van der Waals surface area contributed by atoms with Gasteiger partial charge in [-0.1, -0.05) is 31.9 Å². The Bertz CT molecular complexity index is 407. The van der Waals surface area contributed by atoms with E-state index >= 15 is 0 Å². The molecule has 0 amide bonds. The maximum atomic E-state index is 6.49. The van der Waals surface area contributed by atoms with Crippen molar-refractivity contribution in [1.29, 1.82) is 0 Å². The first kappa shape index (κ1) is 13.9. The van der Waals surface area contributed by atoms with Gasteiger partial charge < -0.3 is 5.32 Å². The van der Waals surface area contributed by atoms with E-state index in [1.165, 1.54) is 18.5 Å². The summed E-state index contributed by atoms with van der Waals surface area (Å²) in [6.45, 7) is 9.66. The zero-order chi connectivity index (χ0) is 13.2. The molecule has 0 bridgehead atoms. The third kappa shape index (κ3) is 2.43. The quantitative estimate of drug-likeness (QED) is 0.860. The van der Waals surface area contributed by atoms with Gasteiger partial charge in [0.2, 0.25) is 0 Å². The molecule has 1 aliphatic heterocycles. The molecule has 0 aliphatic carbocycles. The highest BCUT2D eigenvalue weighted by Crippen LogP contribution is 2.35. The van der Waals surface area contributed by atoms with Crippen LogP contribution in [0.4, 0.5) is 0 Å². The molecule has 1 saturated heterocycles. The summed E-state index contributed by atoms with van der Waals surface area (Å²) in [5.74, 6) is 0. The fourth-order valence-corrected chi connectivity index (χ4v) is 3.28. The van der Waals surface area contributed by atoms with Crippen molar-refractivity contribution in [1.82, 2.24) is 15.1 Å². The second-order valence-corrected chi connectivity index (χ2v) is 5.78. The molecule has 2 rings (SSSR count). The van der Waals surface area contributed by atoms with Gasteiger partial charge in [-0.05, 0) is 26.2 Å². The average Bonchev–Trinajstić information content (AvgIpc) is 2.63. The molecule has 18 heavy (non-hydrogen) atoms. The molecule has 0 unspecified atom stereocenters. The Morgan fingerprint density at radius 3 is 2.50 bits per heavy atom. The number of nitrogens with zero attached hydrogens (tertiary/aromatic N) is 2. The summed E-state index contributed by atoms with van der Waals surface area (Å²) < 4.78 is 2.09. The SMILES string of the molecule is CCCC1(Cc2c(Cl)c(CC)nn2CC)CNC1. The fourth-order valence-electron chi connectivity index (χ4n) is 2.94. The second-order valence-electron chi connectivity index (χ2n) is 5.41. The average molecular weight is 270 g/mol. The van der Waals surface area contributed by atoms with Gasteiger partial charge in [0.05, 0.1) is 16.4 Å². The van der Waals surface area contributed by atoms with Crippen LogP contribution in [0.25, 0.3) is 0 Å². The molecule has 0 saturated carbocycles. The van der Waals surface area contributed by atoms with Crippen LogP contribution in [0.1, 0.15) is 45.0 Å². The maximum Gasteiger partial charge on any atom is 0.0850 e. The molecule has 102 valence electrons. The number of hydrogen-bond acceptors (Lipinski definition) is 2. The molecule has 1 fully saturated rings. The van der Waals surface area contributed by atoms with Gasteiger partial charge in [0, 0.05) is 25.0 Å². The highest BCUT2D eigenvalue weighted by atomic mass is 35.5. The van der Waals surface area contributed by atoms with Crippen molar-refractivity contribution in [2.75, 3.05) is 13.1 Å². The smallest absolute Gasteiger partial charge is 0.0850 e. The number of hydrogen-bond donors (Lipinski definition) is 1. The highest BCUT2D eigenvalue weighted by molar-refractivity contribution is 6.31. The first-order chi connectivity index (χ1) is 8.65. The molecule has 3 nitrogen and oxygen atoms in total. The molecule has 1 aromatic heterocycles. The van der Waals surface area contributed by atoms with Crippen LogP contribution in [0.5, 0.6) is 0 Å². The number of nitrogens with one attached hydrogen (secondary N) is 1. The van der Waals surface area contributed by atoms with E-state index in [0.29, 0.717) is 5.41 Å². The van der Waals surface area contributed by atoms with Gasteiger partial charge in [0.1, 0.15) is 0 Å². The molecule has 1 aliphatic rings. The zero-order valence-electron chi connectivity index (χ0n) is 11.7. The lowest BCUT2D eigenvalue weighted by Gasteiger charge is -2.43. The first-order valence-corrected chi connectivity index (χ1v) is 7.48. The lowest BCUT2D eigenvalue weighted by atomic mass is 9.74. The number of aromatic nitrogens is 2. The monoisotopic (exact) mass is 269 g/mol. The van der Waals surface area contributed by atoms with Gasteiger partial charge in [0.25, 0.3) is 0 Å². The predicted octanol–water partition coefficient (Wildman–Crippen LogP) is 3.05. The fraction of sp³-hybridized carbons (Fsp3) is 0.786. The highest BCUT2D eigenvalue weighted by Gasteiger charge is 2.37. The third-order valence-corrected chi connectivity index (χ3v) is 4.45. The number of rotatable bonds is 6. The minimum atomic E-state index is 0.413. The molecule has 0 aromatic carbocycles. The van der Waals surface area contributed by atoms with Crippen molar-refractivity contribution in [2.45, 2.75) is 53.0 Å². The van der Waals surface area contributed by atoms with Gasteiger partial charge >= 0.3 is 0 Å². The molecular formula is C14H24ClN3. The van der Waals surface area contributed by atoms with E-state index in [0.717, 1.165) is 43.2 Å². The van der Waals surface area contributed by atoms with Crippen LogP contribution in [-0.4, -0.2) is 22.9 Å². The Kier molecular flexibility index (Phi) is 4.33. The van der Waals surface area contributed by atoms with Gasteiger partial charge in [-0.2, -0.15) is 5.10 Å². The third-order valence-electron chi connectivity index (χ3n) is 4.02. The van der Waals surface area contributed by atoms with E-state index in [9.17, 15) is 0 Å². The van der Waals surface area contributed by atoms with Crippen LogP contribution >= 0.6 is 11.6 Å². The first-order valence-electron chi connectivity index (χ1n) is 7.10. The summed E-state index contributed by atoms with van der Waals surface area (Å²) in [5, 5.41) is 8.93. The van der Waals surface area contributed by atoms with E-state index in [2.05, 4.69) is 35.9 Å². The Hall–Kier alpha value is -0.540. The Balaban J connectivity index is 2.24. The standard InChI is InChI=1S/C14H24ClN3/c1-4-7-14(9-16-10-14)8-12-13(15)11(5-2)17-18(12)6-3/h16H,4-10H2,1-3H3.